The number of nitrogens with one attached hydrogen (secondary N) is 3. The lowest BCUT2D eigenvalue weighted by Gasteiger charge is -2.35. The van der Waals surface area contributed by atoms with Crippen molar-refractivity contribution >= 4 is 40.9 Å². The van der Waals surface area contributed by atoms with Gasteiger partial charge >= 0.3 is 0 Å². The van der Waals surface area contributed by atoms with Crippen molar-refractivity contribution in [1.29, 1.82) is 0 Å². The van der Waals surface area contributed by atoms with E-state index in [1.54, 1.807) is 11.3 Å². The van der Waals surface area contributed by atoms with Crippen molar-refractivity contribution in [2.24, 2.45) is 11.1 Å². The lowest BCUT2D eigenvalue weighted by atomic mass is 9.85. The van der Waals surface area contributed by atoms with Gasteiger partial charge in [-0.05, 0) is 54.5 Å². The van der Waals surface area contributed by atoms with Crippen LogP contribution in [0, 0.1) is 24.2 Å². The molecule has 1 saturated heterocycles. The number of primary amides is 1. The van der Waals surface area contributed by atoms with E-state index in [1.807, 2.05) is 88.7 Å². The number of nitrogens with zero attached hydrogens (tertiary/aromatic N) is 2. The van der Waals surface area contributed by atoms with E-state index >= 15 is 0 Å². The van der Waals surface area contributed by atoms with Gasteiger partial charge < -0.3 is 36.4 Å². The topological polar surface area (TPSA) is 193 Å². The normalized spacial score (nSPS) is 16.9. The van der Waals surface area contributed by atoms with Gasteiger partial charge in [-0.15, -0.1) is 11.3 Å². The van der Waals surface area contributed by atoms with Crippen molar-refractivity contribution in [3.05, 3.63) is 76.4 Å². The molecule has 6 N–H and O–H groups in total. The molecule has 13 nitrogen and oxygen atoms in total. The van der Waals surface area contributed by atoms with Gasteiger partial charge in [-0.25, -0.2) is 4.98 Å². The largest absolute Gasteiger partial charge is 0.391 e. The SMILES string of the molecule is CC(=O)N[C@@H](CCC(N)=O)[C@@H](C)OCc1ccc(C#CCCC(=O)N[C@H](C(=O)N2C[C@H](O)C[C@H]2C(=O)NCc2ccc(-c3scnc3C)cc2)C(C)(C)C)cc1. The van der Waals surface area contributed by atoms with Crippen LogP contribution in [0.3, 0.4) is 0 Å². The third-order valence-electron chi connectivity index (χ3n) is 9.55. The number of thiazole rings is 1. The summed E-state index contributed by atoms with van der Waals surface area (Å²) in [4.78, 5) is 70.0. The Morgan fingerprint density at radius 2 is 1.71 bits per heavy atom. The van der Waals surface area contributed by atoms with E-state index in [0.717, 1.165) is 32.8 Å². The van der Waals surface area contributed by atoms with E-state index in [4.69, 9.17) is 10.5 Å². The molecule has 0 unspecified atom stereocenters. The molecule has 5 amide bonds. The van der Waals surface area contributed by atoms with Crippen LogP contribution in [0.25, 0.3) is 10.4 Å². The quantitative estimate of drug-likeness (QED) is 0.136. The number of carbonyl (C=O) groups is 5. The zero-order chi connectivity index (χ0) is 41.0. The molecular formula is C42H54N6O7S. The molecule has 2 aromatic carbocycles. The van der Waals surface area contributed by atoms with Crippen LogP contribution >= 0.6 is 11.3 Å². The van der Waals surface area contributed by atoms with E-state index in [2.05, 4.69) is 32.8 Å². The minimum Gasteiger partial charge on any atom is -0.391 e. The summed E-state index contributed by atoms with van der Waals surface area (Å²) in [5.74, 6) is 4.28. The Morgan fingerprint density at radius 1 is 1.04 bits per heavy atom. The van der Waals surface area contributed by atoms with Crippen LogP contribution in [-0.4, -0.2) is 81.4 Å². The molecule has 300 valence electrons. The van der Waals surface area contributed by atoms with Gasteiger partial charge in [0.15, 0.2) is 0 Å². The summed E-state index contributed by atoms with van der Waals surface area (Å²) in [5.41, 5.74) is 11.0. The Balaban J connectivity index is 1.27. The van der Waals surface area contributed by atoms with Gasteiger partial charge in [0.1, 0.15) is 12.1 Å². The van der Waals surface area contributed by atoms with Crippen molar-refractivity contribution in [1.82, 2.24) is 25.8 Å². The maximum atomic E-state index is 13.9. The third kappa shape index (κ3) is 13.0. The number of rotatable bonds is 16. The number of aliphatic hydroxyl groups is 1. The standard InChI is InChI=1S/C42H54N6O7S/c1-26-38(56-25-45-26)32-17-15-30(16-18-32)22-44-40(53)35-21-33(50)23-48(35)41(54)39(42(4,5)6)47-37(52)10-8-7-9-29-11-13-31(14-12-29)24-55-27(2)34(46-28(3)49)19-20-36(43)51/h11-18,25,27,33-35,39,50H,8,10,19-24H2,1-6H3,(H2,43,51)(H,44,53)(H,46,49)(H,47,52)/t27-,33-,34+,35+,39-/m1/s1. The number of ether oxygens (including phenoxy) is 1. The number of nitrogens with two attached hydrogens (primary N) is 1. The van der Waals surface area contributed by atoms with Gasteiger partial charge in [0.2, 0.25) is 29.5 Å². The van der Waals surface area contributed by atoms with Crippen molar-refractivity contribution in [2.45, 2.75) is 117 Å². The summed E-state index contributed by atoms with van der Waals surface area (Å²) in [5, 5.41) is 19.1. The van der Waals surface area contributed by atoms with E-state index in [0.29, 0.717) is 13.0 Å². The lowest BCUT2D eigenvalue weighted by molar-refractivity contribution is -0.144. The van der Waals surface area contributed by atoms with Crippen LogP contribution in [0.5, 0.6) is 0 Å². The first-order valence-corrected chi connectivity index (χ1v) is 19.7. The smallest absolute Gasteiger partial charge is 0.246 e. The Kier molecular flexibility index (Phi) is 15.7. The monoisotopic (exact) mass is 786 g/mol. The molecule has 1 fully saturated rings. The Bertz CT molecular complexity index is 1890. The van der Waals surface area contributed by atoms with Crippen LogP contribution in [0.4, 0.5) is 0 Å². The minimum atomic E-state index is -0.930. The summed E-state index contributed by atoms with van der Waals surface area (Å²) in [7, 11) is 0. The first-order chi connectivity index (χ1) is 26.5. The number of likely N-dealkylation sites (tertiary alicyclic amines) is 1. The molecule has 1 aliphatic heterocycles. The maximum Gasteiger partial charge on any atom is 0.246 e. The molecule has 0 aliphatic carbocycles. The summed E-state index contributed by atoms with van der Waals surface area (Å²) >= 11 is 1.57. The van der Waals surface area contributed by atoms with Crippen LogP contribution < -0.4 is 21.7 Å². The van der Waals surface area contributed by atoms with Crippen molar-refractivity contribution in [3.8, 4) is 22.3 Å². The summed E-state index contributed by atoms with van der Waals surface area (Å²) in [6.07, 6.45) is -0.270. The zero-order valence-corrected chi connectivity index (χ0v) is 33.8. The number of amides is 5. The molecule has 0 saturated carbocycles. The number of aliphatic hydroxyl groups excluding tert-OH is 1. The Morgan fingerprint density at radius 3 is 2.32 bits per heavy atom. The molecule has 56 heavy (non-hydrogen) atoms. The van der Waals surface area contributed by atoms with Gasteiger partial charge in [-0.2, -0.15) is 0 Å². The molecule has 1 aliphatic rings. The van der Waals surface area contributed by atoms with E-state index < -0.39 is 35.4 Å². The van der Waals surface area contributed by atoms with Gasteiger partial charge in [0.05, 0.1) is 40.9 Å². The average molecular weight is 787 g/mol. The molecule has 2 heterocycles. The highest BCUT2D eigenvalue weighted by Gasteiger charge is 2.44. The first kappa shape index (κ1) is 43.6. The Labute approximate surface area is 333 Å². The van der Waals surface area contributed by atoms with E-state index in [1.165, 1.54) is 11.8 Å². The average Bonchev–Trinajstić information content (AvgIpc) is 3.77. The fourth-order valence-electron chi connectivity index (χ4n) is 6.37. The van der Waals surface area contributed by atoms with E-state index in [-0.39, 0.29) is 68.6 Å². The summed E-state index contributed by atoms with van der Waals surface area (Å²) in [6, 6.07) is 13.2. The summed E-state index contributed by atoms with van der Waals surface area (Å²) in [6.45, 7) is 11.3. The van der Waals surface area contributed by atoms with Gasteiger partial charge in [-0.3, -0.25) is 24.0 Å². The molecule has 0 bridgehead atoms. The second kappa shape index (κ2) is 20.2. The predicted molar refractivity (Wildman–Crippen MR) is 214 cm³/mol. The van der Waals surface area contributed by atoms with Gasteiger partial charge in [0.25, 0.3) is 0 Å². The minimum absolute atomic E-state index is 0.00770. The molecule has 1 aromatic heterocycles. The number of hydrogen-bond donors (Lipinski definition) is 5. The number of aryl methyl sites for hydroxylation is 1. The van der Waals surface area contributed by atoms with E-state index in [9.17, 15) is 29.1 Å². The van der Waals surface area contributed by atoms with Crippen molar-refractivity contribution in [3.63, 3.8) is 0 Å². The van der Waals surface area contributed by atoms with Crippen LogP contribution in [0.1, 0.15) is 89.1 Å². The highest BCUT2D eigenvalue weighted by molar-refractivity contribution is 7.13. The fraction of sp³-hybridized carbons (Fsp3) is 0.476. The van der Waals surface area contributed by atoms with Gasteiger partial charge in [0, 0.05) is 51.3 Å². The molecule has 5 atom stereocenters. The zero-order valence-electron chi connectivity index (χ0n) is 33.0. The number of aromatic nitrogens is 1. The van der Waals surface area contributed by atoms with Crippen LogP contribution in [0.15, 0.2) is 54.0 Å². The predicted octanol–water partition coefficient (Wildman–Crippen LogP) is 3.73. The first-order valence-electron chi connectivity index (χ1n) is 18.8. The van der Waals surface area contributed by atoms with Crippen molar-refractivity contribution < 1.29 is 33.8 Å². The number of benzene rings is 2. The molecular weight excluding hydrogens is 733 g/mol. The maximum absolute atomic E-state index is 13.9. The van der Waals surface area contributed by atoms with Crippen LogP contribution in [0.2, 0.25) is 0 Å². The molecule has 4 rings (SSSR count). The second-order valence-electron chi connectivity index (χ2n) is 15.3. The molecule has 14 heteroatoms. The lowest BCUT2D eigenvalue weighted by Crippen LogP contribution is -2.57. The molecule has 3 aromatic rings. The Hall–Kier alpha value is -5.10. The highest BCUT2D eigenvalue weighted by atomic mass is 32.1. The second-order valence-corrected chi connectivity index (χ2v) is 16.1. The number of hydrogen-bond acceptors (Lipinski definition) is 9. The third-order valence-corrected chi connectivity index (χ3v) is 10.5. The summed E-state index contributed by atoms with van der Waals surface area (Å²) < 4.78 is 5.95. The van der Waals surface area contributed by atoms with Crippen molar-refractivity contribution in [2.75, 3.05) is 6.54 Å². The van der Waals surface area contributed by atoms with Gasteiger partial charge in [-0.1, -0.05) is 69.0 Å². The molecule has 0 radical (unpaired) electrons. The number of carbonyl (C=O) groups excluding carboxylic acids is 5. The van der Waals surface area contributed by atoms with Crippen LogP contribution in [-0.2, 0) is 41.9 Å². The highest BCUT2D eigenvalue weighted by Crippen LogP contribution is 2.28. The fourth-order valence-corrected chi connectivity index (χ4v) is 7.18. The number of β-amino-alcohol motifs (C(OH)–C–C–N with tert-alkyl or cyclic N) is 1. The molecule has 0 spiro atoms.